The van der Waals surface area contributed by atoms with Gasteiger partial charge >= 0.3 is 0 Å². The summed E-state index contributed by atoms with van der Waals surface area (Å²) in [5.74, 6) is 0. The average molecular weight is 237 g/mol. The number of aliphatic hydroxyl groups is 1. The van der Waals surface area contributed by atoms with E-state index in [1.807, 2.05) is 30.3 Å². The predicted octanol–water partition coefficient (Wildman–Crippen LogP) is 3.20. The van der Waals surface area contributed by atoms with Crippen molar-refractivity contribution >= 4 is 0 Å². The van der Waals surface area contributed by atoms with E-state index in [-0.39, 0.29) is 0 Å². The van der Waals surface area contributed by atoms with E-state index in [0.717, 1.165) is 17.5 Å². The van der Waals surface area contributed by atoms with E-state index in [4.69, 9.17) is 5.26 Å². The van der Waals surface area contributed by atoms with Crippen LogP contribution in [-0.4, -0.2) is 5.11 Å². The van der Waals surface area contributed by atoms with Crippen LogP contribution in [-0.2, 0) is 6.42 Å². The summed E-state index contributed by atoms with van der Waals surface area (Å²) >= 11 is 0. The van der Waals surface area contributed by atoms with Crippen LogP contribution in [0.5, 0.6) is 0 Å². The van der Waals surface area contributed by atoms with Gasteiger partial charge in [0.15, 0.2) is 0 Å². The smallest absolute Gasteiger partial charge is 0.104 e. The monoisotopic (exact) mass is 237 g/mol. The van der Waals surface area contributed by atoms with Gasteiger partial charge < -0.3 is 5.11 Å². The summed E-state index contributed by atoms with van der Waals surface area (Å²) in [4.78, 5) is 0. The molecular formula is C16H15NO. The molecule has 90 valence electrons. The minimum absolute atomic E-state index is 0.568. The first-order valence-corrected chi connectivity index (χ1v) is 6.01. The molecule has 0 aromatic heterocycles. The van der Waals surface area contributed by atoms with Crippen LogP contribution >= 0.6 is 0 Å². The Morgan fingerprint density at radius 2 is 1.78 bits per heavy atom. The molecule has 2 heteroatoms. The zero-order chi connectivity index (χ0) is 13.0. The lowest BCUT2D eigenvalue weighted by atomic mass is 9.98. The second kappa shape index (κ2) is 5.48. The minimum atomic E-state index is -0.676. The first-order valence-electron chi connectivity index (χ1n) is 6.01. The molecule has 0 fully saturated rings. The molecule has 0 heterocycles. The Morgan fingerprint density at radius 1 is 1.11 bits per heavy atom. The van der Waals surface area contributed by atoms with Gasteiger partial charge in [-0.15, -0.1) is 0 Å². The maximum absolute atomic E-state index is 10.3. The fourth-order valence-electron chi connectivity index (χ4n) is 1.95. The summed E-state index contributed by atoms with van der Waals surface area (Å²) < 4.78 is 0. The lowest BCUT2D eigenvalue weighted by molar-refractivity contribution is 0.220. The van der Waals surface area contributed by atoms with E-state index in [9.17, 15) is 5.11 Å². The third-order valence-electron chi connectivity index (χ3n) is 3.01. The van der Waals surface area contributed by atoms with Crippen LogP contribution in [0.3, 0.4) is 0 Å². The second-order valence-corrected chi connectivity index (χ2v) is 4.24. The summed E-state index contributed by atoms with van der Waals surface area (Å²) in [5, 5.41) is 19.2. The molecule has 0 spiro atoms. The Morgan fingerprint density at radius 3 is 2.44 bits per heavy atom. The molecular weight excluding hydrogens is 222 g/mol. The van der Waals surface area contributed by atoms with Crippen LogP contribution in [0.1, 0.15) is 35.3 Å². The first-order chi connectivity index (χ1) is 8.74. The molecule has 0 aliphatic carbocycles. The zero-order valence-electron chi connectivity index (χ0n) is 10.3. The van der Waals surface area contributed by atoms with Gasteiger partial charge in [-0.25, -0.2) is 0 Å². The van der Waals surface area contributed by atoms with Crippen molar-refractivity contribution in [3.63, 3.8) is 0 Å². The second-order valence-electron chi connectivity index (χ2n) is 4.24. The number of hydrogen-bond acceptors (Lipinski definition) is 2. The molecule has 0 saturated carbocycles. The van der Waals surface area contributed by atoms with Crippen molar-refractivity contribution in [3.05, 3.63) is 70.8 Å². The van der Waals surface area contributed by atoms with Gasteiger partial charge in [0, 0.05) is 0 Å². The van der Waals surface area contributed by atoms with Crippen LogP contribution in [0, 0.1) is 11.3 Å². The third kappa shape index (κ3) is 2.58. The molecule has 2 aromatic rings. The molecule has 2 nitrogen and oxygen atoms in total. The van der Waals surface area contributed by atoms with Crippen molar-refractivity contribution < 1.29 is 5.11 Å². The van der Waals surface area contributed by atoms with Gasteiger partial charge in [0.1, 0.15) is 6.10 Å². The van der Waals surface area contributed by atoms with E-state index in [1.54, 1.807) is 18.2 Å². The highest BCUT2D eigenvalue weighted by atomic mass is 16.3. The molecule has 2 aromatic carbocycles. The lowest BCUT2D eigenvalue weighted by Gasteiger charge is -2.12. The van der Waals surface area contributed by atoms with Crippen molar-refractivity contribution in [2.75, 3.05) is 0 Å². The predicted molar refractivity (Wildman–Crippen MR) is 71.0 cm³/mol. The van der Waals surface area contributed by atoms with E-state index < -0.39 is 6.10 Å². The number of rotatable bonds is 3. The van der Waals surface area contributed by atoms with Crippen LogP contribution in [0.25, 0.3) is 0 Å². The largest absolute Gasteiger partial charge is 0.384 e. The van der Waals surface area contributed by atoms with Crippen LogP contribution < -0.4 is 0 Å². The van der Waals surface area contributed by atoms with E-state index in [2.05, 4.69) is 13.0 Å². The molecule has 0 bridgehead atoms. The van der Waals surface area contributed by atoms with Crippen molar-refractivity contribution in [2.45, 2.75) is 19.4 Å². The van der Waals surface area contributed by atoms with Crippen LogP contribution in [0.2, 0.25) is 0 Å². The fraction of sp³-hybridized carbons (Fsp3) is 0.188. The summed E-state index contributed by atoms with van der Waals surface area (Å²) in [6.45, 7) is 2.09. The lowest BCUT2D eigenvalue weighted by Crippen LogP contribution is -2.00. The zero-order valence-corrected chi connectivity index (χ0v) is 10.3. The van der Waals surface area contributed by atoms with Gasteiger partial charge in [-0.3, -0.25) is 0 Å². The highest BCUT2D eigenvalue weighted by Gasteiger charge is 2.11. The fourth-order valence-corrected chi connectivity index (χ4v) is 1.95. The number of hydrogen-bond donors (Lipinski definition) is 1. The van der Waals surface area contributed by atoms with Crippen molar-refractivity contribution in [2.24, 2.45) is 0 Å². The quantitative estimate of drug-likeness (QED) is 0.890. The Bertz CT molecular complexity index is 584. The van der Waals surface area contributed by atoms with E-state index >= 15 is 0 Å². The van der Waals surface area contributed by atoms with Gasteiger partial charge in [-0.05, 0) is 35.2 Å². The summed E-state index contributed by atoms with van der Waals surface area (Å²) in [6.07, 6.45) is 0.267. The maximum atomic E-state index is 10.3. The first kappa shape index (κ1) is 12.3. The molecule has 0 radical (unpaired) electrons. The third-order valence-corrected chi connectivity index (χ3v) is 3.01. The maximum Gasteiger partial charge on any atom is 0.104 e. The SMILES string of the molecule is CCc1cccc(C(O)c2cccc(C#N)c2)c1. The number of aryl methyl sites for hydroxylation is 1. The molecule has 2 rings (SSSR count). The van der Waals surface area contributed by atoms with Gasteiger partial charge in [0.2, 0.25) is 0 Å². The highest BCUT2D eigenvalue weighted by molar-refractivity contribution is 5.38. The molecule has 1 atom stereocenters. The topological polar surface area (TPSA) is 44.0 Å². The van der Waals surface area contributed by atoms with E-state index in [1.165, 1.54) is 5.56 Å². The number of nitrogens with zero attached hydrogens (tertiary/aromatic N) is 1. The Kier molecular flexibility index (Phi) is 3.76. The Hall–Kier alpha value is -2.11. The van der Waals surface area contributed by atoms with Crippen molar-refractivity contribution in [1.29, 1.82) is 5.26 Å². The standard InChI is InChI=1S/C16H15NO/c1-2-12-5-3-7-14(9-12)16(18)15-8-4-6-13(10-15)11-17/h3-10,16,18H,2H2,1H3. The van der Waals surface area contributed by atoms with Gasteiger partial charge in [-0.1, -0.05) is 43.3 Å². The highest BCUT2D eigenvalue weighted by Crippen LogP contribution is 2.23. The number of aliphatic hydroxyl groups excluding tert-OH is 1. The van der Waals surface area contributed by atoms with Gasteiger partial charge in [0.05, 0.1) is 11.6 Å². The van der Waals surface area contributed by atoms with Gasteiger partial charge in [-0.2, -0.15) is 5.26 Å². The van der Waals surface area contributed by atoms with Crippen molar-refractivity contribution in [3.8, 4) is 6.07 Å². The summed E-state index contributed by atoms with van der Waals surface area (Å²) in [5.41, 5.74) is 3.38. The molecule has 0 amide bonds. The van der Waals surface area contributed by atoms with Gasteiger partial charge in [0.25, 0.3) is 0 Å². The molecule has 0 saturated heterocycles. The molecule has 18 heavy (non-hydrogen) atoms. The Balaban J connectivity index is 2.35. The molecule has 0 aliphatic heterocycles. The molecule has 0 aliphatic rings. The van der Waals surface area contributed by atoms with Crippen LogP contribution in [0.4, 0.5) is 0 Å². The average Bonchev–Trinajstić information content (AvgIpc) is 2.46. The summed E-state index contributed by atoms with van der Waals surface area (Å²) in [7, 11) is 0. The van der Waals surface area contributed by atoms with Crippen molar-refractivity contribution in [1.82, 2.24) is 0 Å². The van der Waals surface area contributed by atoms with E-state index in [0.29, 0.717) is 5.56 Å². The summed E-state index contributed by atoms with van der Waals surface area (Å²) in [6, 6.07) is 17.1. The molecule has 1 N–H and O–H groups in total. The number of benzene rings is 2. The normalized spacial score (nSPS) is 11.8. The minimum Gasteiger partial charge on any atom is -0.384 e. The Labute approximate surface area is 107 Å². The van der Waals surface area contributed by atoms with Crippen LogP contribution in [0.15, 0.2) is 48.5 Å². The molecule has 1 unspecified atom stereocenters. The number of nitriles is 1.